The van der Waals surface area contributed by atoms with Gasteiger partial charge in [-0.2, -0.15) is 0 Å². The fourth-order valence-electron chi connectivity index (χ4n) is 2.08. The average molecular weight is 276 g/mol. The second kappa shape index (κ2) is 4.63. The summed E-state index contributed by atoms with van der Waals surface area (Å²) in [7, 11) is 0. The van der Waals surface area contributed by atoms with Crippen molar-refractivity contribution in [2.24, 2.45) is 0 Å². The van der Waals surface area contributed by atoms with E-state index in [1.807, 2.05) is 17.6 Å². The topological polar surface area (TPSA) is 30.7 Å². The van der Waals surface area contributed by atoms with Crippen LogP contribution < -0.4 is 0 Å². The van der Waals surface area contributed by atoms with E-state index in [4.69, 9.17) is 11.6 Å². The first kappa shape index (κ1) is 12.1. The number of aromatic nitrogens is 3. The standard InChI is InChI=1S/C14H11ClFN3/c1-9(15)14-18-12-8-17-7-6-13(12)19(14)11-4-2-10(16)3-5-11/h2-9H,1H3. The molecular weight excluding hydrogens is 265 g/mol. The summed E-state index contributed by atoms with van der Waals surface area (Å²) in [4.78, 5) is 8.54. The maximum Gasteiger partial charge on any atom is 0.132 e. The molecule has 2 aromatic heterocycles. The molecule has 3 nitrogen and oxygen atoms in total. The number of hydrogen-bond acceptors (Lipinski definition) is 2. The summed E-state index contributed by atoms with van der Waals surface area (Å²) in [5.74, 6) is 0.451. The van der Waals surface area contributed by atoms with Crippen molar-refractivity contribution in [1.82, 2.24) is 14.5 Å². The van der Waals surface area contributed by atoms with Crippen LogP contribution in [-0.4, -0.2) is 14.5 Å². The van der Waals surface area contributed by atoms with Gasteiger partial charge in [0.1, 0.15) is 17.2 Å². The van der Waals surface area contributed by atoms with Gasteiger partial charge in [-0.1, -0.05) is 0 Å². The molecule has 0 saturated heterocycles. The van der Waals surface area contributed by atoms with Gasteiger partial charge in [-0.3, -0.25) is 9.55 Å². The fraction of sp³-hybridized carbons (Fsp3) is 0.143. The van der Waals surface area contributed by atoms with Crippen LogP contribution in [0, 0.1) is 5.82 Å². The van der Waals surface area contributed by atoms with E-state index < -0.39 is 0 Å². The molecule has 2 heterocycles. The number of rotatable bonds is 2. The maximum atomic E-state index is 13.0. The number of imidazole rings is 1. The van der Waals surface area contributed by atoms with Crippen molar-refractivity contribution < 1.29 is 4.39 Å². The van der Waals surface area contributed by atoms with Gasteiger partial charge in [0.2, 0.25) is 0 Å². The van der Waals surface area contributed by atoms with Crippen LogP contribution in [0.2, 0.25) is 0 Å². The average Bonchev–Trinajstić information content (AvgIpc) is 2.79. The Morgan fingerprint density at radius 2 is 1.95 bits per heavy atom. The lowest BCUT2D eigenvalue weighted by Crippen LogP contribution is -2.01. The summed E-state index contributed by atoms with van der Waals surface area (Å²) in [6.07, 6.45) is 3.39. The zero-order valence-electron chi connectivity index (χ0n) is 10.2. The van der Waals surface area contributed by atoms with Gasteiger partial charge in [0, 0.05) is 11.9 Å². The highest BCUT2D eigenvalue weighted by Crippen LogP contribution is 2.27. The fourth-order valence-corrected chi connectivity index (χ4v) is 2.23. The van der Waals surface area contributed by atoms with Gasteiger partial charge < -0.3 is 0 Å². The molecule has 1 atom stereocenters. The maximum absolute atomic E-state index is 13.0. The minimum atomic E-state index is -0.268. The van der Waals surface area contributed by atoms with Crippen molar-refractivity contribution in [2.75, 3.05) is 0 Å². The van der Waals surface area contributed by atoms with E-state index in [2.05, 4.69) is 9.97 Å². The normalized spacial score (nSPS) is 12.8. The molecule has 0 aliphatic heterocycles. The molecule has 0 spiro atoms. The number of hydrogen-bond donors (Lipinski definition) is 0. The van der Waals surface area contributed by atoms with E-state index in [0.29, 0.717) is 0 Å². The zero-order chi connectivity index (χ0) is 13.4. The van der Waals surface area contributed by atoms with E-state index in [0.717, 1.165) is 22.5 Å². The highest BCUT2D eigenvalue weighted by Gasteiger charge is 2.16. The Morgan fingerprint density at radius 1 is 1.21 bits per heavy atom. The highest BCUT2D eigenvalue weighted by atomic mass is 35.5. The van der Waals surface area contributed by atoms with Crippen LogP contribution in [0.3, 0.4) is 0 Å². The van der Waals surface area contributed by atoms with Gasteiger partial charge in [0.15, 0.2) is 0 Å². The first-order valence-corrected chi connectivity index (χ1v) is 6.33. The van der Waals surface area contributed by atoms with Crippen molar-refractivity contribution >= 4 is 22.6 Å². The molecule has 96 valence electrons. The molecule has 0 radical (unpaired) electrons. The largest absolute Gasteiger partial charge is 0.295 e. The number of pyridine rings is 1. The minimum Gasteiger partial charge on any atom is -0.295 e. The van der Waals surface area contributed by atoms with Gasteiger partial charge in [0.25, 0.3) is 0 Å². The van der Waals surface area contributed by atoms with Crippen LogP contribution in [0.1, 0.15) is 18.1 Å². The molecule has 5 heteroatoms. The molecule has 3 rings (SSSR count). The Kier molecular flexibility index (Phi) is 2.95. The van der Waals surface area contributed by atoms with E-state index >= 15 is 0 Å². The molecule has 0 saturated carbocycles. The number of nitrogens with zero attached hydrogens (tertiary/aromatic N) is 3. The molecule has 0 aliphatic carbocycles. The predicted molar refractivity (Wildman–Crippen MR) is 73.1 cm³/mol. The van der Waals surface area contributed by atoms with Crippen molar-refractivity contribution in [3.63, 3.8) is 0 Å². The molecule has 0 aliphatic rings. The van der Waals surface area contributed by atoms with Gasteiger partial charge >= 0.3 is 0 Å². The molecule has 0 bridgehead atoms. The molecule has 3 aromatic rings. The number of halogens is 2. The lowest BCUT2D eigenvalue weighted by Gasteiger charge is -2.10. The number of alkyl halides is 1. The second-order valence-electron chi connectivity index (χ2n) is 4.26. The molecular formula is C14H11ClFN3. The first-order valence-electron chi connectivity index (χ1n) is 5.89. The van der Waals surface area contributed by atoms with Crippen molar-refractivity contribution in [2.45, 2.75) is 12.3 Å². The van der Waals surface area contributed by atoms with Crippen LogP contribution in [-0.2, 0) is 0 Å². The summed E-state index contributed by atoms with van der Waals surface area (Å²) >= 11 is 6.18. The zero-order valence-corrected chi connectivity index (χ0v) is 11.0. The Hall–Kier alpha value is -1.94. The van der Waals surface area contributed by atoms with E-state index in [1.54, 1.807) is 24.5 Å². The van der Waals surface area contributed by atoms with Crippen LogP contribution in [0.4, 0.5) is 4.39 Å². The minimum absolute atomic E-state index is 0.252. The summed E-state index contributed by atoms with van der Waals surface area (Å²) < 4.78 is 15.0. The molecule has 0 amide bonds. The van der Waals surface area contributed by atoms with Gasteiger partial charge in [-0.15, -0.1) is 11.6 Å². The van der Waals surface area contributed by atoms with Crippen molar-refractivity contribution in [3.8, 4) is 5.69 Å². The second-order valence-corrected chi connectivity index (χ2v) is 4.92. The Balaban J connectivity index is 2.31. The monoisotopic (exact) mass is 275 g/mol. The predicted octanol–water partition coefficient (Wildman–Crippen LogP) is 3.86. The van der Waals surface area contributed by atoms with Crippen LogP contribution in [0.15, 0.2) is 42.7 Å². The molecule has 1 unspecified atom stereocenters. The Labute approximate surface area is 114 Å². The summed E-state index contributed by atoms with van der Waals surface area (Å²) in [5, 5.41) is -0.252. The van der Waals surface area contributed by atoms with Crippen molar-refractivity contribution in [3.05, 3.63) is 54.4 Å². The third kappa shape index (κ3) is 2.08. The molecule has 0 N–H and O–H groups in total. The highest BCUT2D eigenvalue weighted by molar-refractivity contribution is 6.20. The van der Waals surface area contributed by atoms with Gasteiger partial charge in [-0.05, 0) is 37.3 Å². The lowest BCUT2D eigenvalue weighted by atomic mass is 10.3. The number of benzene rings is 1. The Morgan fingerprint density at radius 3 is 2.63 bits per heavy atom. The van der Waals surface area contributed by atoms with Crippen molar-refractivity contribution in [1.29, 1.82) is 0 Å². The number of fused-ring (bicyclic) bond motifs is 1. The van der Waals surface area contributed by atoms with Crippen LogP contribution in [0.25, 0.3) is 16.7 Å². The van der Waals surface area contributed by atoms with Crippen LogP contribution >= 0.6 is 11.6 Å². The first-order chi connectivity index (χ1) is 9.16. The lowest BCUT2D eigenvalue weighted by molar-refractivity contribution is 0.627. The van der Waals surface area contributed by atoms with Gasteiger partial charge in [-0.25, -0.2) is 9.37 Å². The Bertz CT molecular complexity index is 719. The summed E-state index contributed by atoms with van der Waals surface area (Å²) in [6, 6.07) is 8.13. The van der Waals surface area contributed by atoms with Crippen LogP contribution in [0.5, 0.6) is 0 Å². The quantitative estimate of drug-likeness (QED) is 0.665. The van der Waals surface area contributed by atoms with E-state index in [9.17, 15) is 4.39 Å². The van der Waals surface area contributed by atoms with E-state index in [1.165, 1.54) is 12.1 Å². The van der Waals surface area contributed by atoms with E-state index in [-0.39, 0.29) is 11.2 Å². The summed E-state index contributed by atoms with van der Waals surface area (Å²) in [5.41, 5.74) is 2.51. The third-order valence-corrected chi connectivity index (χ3v) is 3.12. The summed E-state index contributed by atoms with van der Waals surface area (Å²) in [6.45, 7) is 1.86. The third-order valence-electron chi connectivity index (χ3n) is 2.92. The molecule has 0 fully saturated rings. The smallest absolute Gasteiger partial charge is 0.132 e. The molecule has 1 aromatic carbocycles. The SMILES string of the molecule is CC(Cl)c1nc2cnccc2n1-c1ccc(F)cc1. The molecule has 19 heavy (non-hydrogen) atoms. The van der Waals surface area contributed by atoms with Gasteiger partial charge in [0.05, 0.1) is 17.1 Å².